The van der Waals surface area contributed by atoms with Gasteiger partial charge in [0, 0.05) is 43.4 Å². The van der Waals surface area contributed by atoms with E-state index in [-0.39, 0.29) is 24.2 Å². The van der Waals surface area contributed by atoms with E-state index in [1.807, 2.05) is 30.3 Å². The molecule has 2 aromatic heterocycles. The molecule has 0 bridgehead atoms. The van der Waals surface area contributed by atoms with Crippen molar-refractivity contribution in [3.05, 3.63) is 60.4 Å². The van der Waals surface area contributed by atoms with Crippen LogP contribution >= 0.6 is 0 Å². The Bertz CT molecular complexity index is 1030. The molecule has 2 aliphatic heterocycles. The van der Waals surface area contributed by atoms with Gasteiger partial charge in [-0.3, -0.25) is 9.59 Å². The minimum atomic E-state index is -0.355. The number of furan rings is 1. The third-order valence-corrected chi connectivity index (χ3v) is 5.87. The normalized spacial score (nSPS) is 18.5. The van der Waals surface area contributed by atoms with Crippen LogP contribution < -0.4 is 5.32 Å². The molecule has 1 fully saturated rings. The number of likely N-dealkylation sites (tertiary alicyclic amines) is 1. The number of carbonyl (C=O) groups is 2. The second-order valence-electron chi connectivity index (χ2n) is 8.01. The molecule has 154 valence electrons. The predicted octanol–water partition coefficient (Wildman–Crippen LogP) is 3.47. The van der Waals surface area contributed by atoms with Crippen molar-refractivity contribution in [2.45, 2.75) is 38.8 Å². The van der Waals surface area contributed by atoms with Gasteiger partial charge in [-0.15, -0.1) is 0 Å². The van der Waals surface area contributed by atoms with Crippen LogP contribution in [-0.2, 0) is 29.1 Å². The molecule has 1 saturated heterocycles. The van der Waals surface area contributed by atoms with Crippen molar-refractivity contribution in [3.8, 4) is 11.3 Å². The van der Waals surface area contributed by atoms with Crippen molar-refractivity contribution in [2.75, 3.05) is 11.9 Å². The highest BCUT2D eigenvalue weighted by Gasteiger charge is 2.34. The third-order valence-electron chi connectivity index (χ3n) is 5.87. The summed E-state index contributed by atoms with van der Waals surface area (Å²) in [6.45, 7) is 1.84. The smallest absolute Gasteiger partial charge is 0.229 e. The van der Waals surface area contributed by atoms with Gasteiger partial charge in [-0.1, -0.05) is 12.1 Å². The number of anilines is 1. The highest BCUT2D eigenvalue weighted by Crippen LogP contribution is 2.25. The fraction of sp³-hybridized carbons (Fsp3) is 0.348. The molecule has 4 heterocycles. The lowest BCUT2D eigenvalue weighted by Crippen LogP contribution is -2.27. The number of hydrogen-bond donors (Lipinski definition) is 1. The van der Waals surface area contributed by atoms with Gasteiger partial charge in [0.05, 0.1) is 24.4 Å². The van der Waals surface area contributed by atoms with E-state index in [1.165, 1.54) is 12.8 Å². The van der Waals surface area contributed by atoms with E-state index in [1.54, 1.807) is 17.2 Å². The minimum absolute atomic E-state index is 0.0225. The number of aromatic nitrogens is 2. The summed E-state index contributed by atoms with van der Waals surface area (Å²) in [5.41, 5.74) is 2.74. The molecule has 2 amide bonds. The zero-order valence-electron chi connectivity index (χ0n) is 16.7. The summed E-state index contributed by atoms with van der Waals surface area (Å²) in [4.78, 5) is 31.3. The van der Waals surface area contributed by atoms with Crippen LogP contribution in [0.2, 0.25) is 0 Å². The zero-order valence-corrected chi connectivity index (χ0v) is 16.7. The van der Waals surface area contributed by atoms with Gasteiger partial charge in [-0.2, -0.15) is 0 Å². The van der Waals surface area contributed by atoms with E-state index >= 15 is 0 Å². The van der Waals surface area contributed by atoms with Crippen LogP contribution in [0.4, 0.5) is 5.69 Å². The number of imidazole rings is 1. The molecule has 0 saturated carbocycles. The van der Waals surface area contributed by atoms with Crippen molar-refractivity contribution in [1.29, 1.82) is 0 Å². The van der Waals surface area contributed by atoms with Crippen LogP contribution in [-0.4, -0.2) is 32.8 Å². The lowest BCUT2D eigenvalue weighted by Gasteiger charge is -2.15. The SMILES string of the molecule is O=C(Nc1ccc(-c2cn3c(n2)CCCC3)cc1)C1CC(=O)N(Cc2ccco2)C1. The second-order valence-corrected chi connectivity index (χ2v) is 8.01. The molecule has 1 unspecified atom stereocenters. The van der Waals surface area contributed by atoms with Crippen molar-refractivity contribution in [2.24, 2.45) is 5.92 Å². The Morgan fingerprint density at radius 1 is 1.20 bits per heavy atom. The van der Waals surface area contributed by atoms with Gasteiger partial charge in [-0.05, 0) is 37.1 Å². The van der Waals surface area contributed by atoms with Crippen molar-refractivity contribution in [3.63, 3.8) is 0 Å². The second kappa shape index (κ2) is 7.82. The van der Waals surface area contributed by atoms with Crippen LogP contribution in [0.3, 0.4) is 0 Å². The summed E-state index contributed by atoms with van der Waals surface area (Å²) in [7, 11) is 0. The number of nitrogens with zero attached hydrogens (tertiary/aromatic N) is 3. The third kappa shape index (κ3) is 3.75. The number of carbonyl (C=O) groups excluding carboxylic acids is 2. The molecule has 0 radical (unpaired) electrons. The fourth-order valence-corrected chi connectivity index (χ4v) is 4.21. The van der Waals surface area contributed by atoms with Gasteiger partial charge in [0.25, 0.3) is 0 Å². The van der Waals surface area contributed by atoms with E-state index in [9.17, 15) is 9.59 Å². The van der Waals surface area contributed by atoms with E-state index < -0.39 is 0 Å². The number of benzene rings is 1. The number of hydrogen-bond acceptors (Lipinski definition) is 4. The molecular formula is C23H24N4O3. The molecule has 7 nitrogen and oxygen atoms in total. The van der Waals surface area contributed by atoms with Gasteiger partial charge in [0.1, 0.15) is 11.6 Å². The van der Waals surface area contributed by atoms with Crippen LogP contribution in [0.15, 0.2) is 53.3 Å². The number of amides is 2. The van der Waals surface area contributed by atoms with Gasteiger partial charge in [0.15, 0.2) is 0 Å². The molecule has 0 aliphatic carbocycles. The van der Waals surface area contributed by atoms with E-state index in [4.69, 9.17) is 9.40 Å². The predicted molar refractivity (Wildman–Crippen MR) is 111 cm³/mol. The molecule has 3 aromatic rings. The highest BCUT2D eigenvalue weighted by molar-refractivity contribution is 5.97. The summed E-state index contributed by atoms with van der Waals surface area (Å²) in [5.74, 6) is 1.37. The number of aryl methyl sites for hydroxylation is 2. The Morgan fingerprint density at radius 3 is 2.83 bits per heavy atom. The standard InChI is InChI=1S/C23H24N4O3/c28-22-12-17(13-27(22)14-19-4-3-11-30-19)23(29)24-18-8-6-16(7-9-18)20-15-26-10-2-1-5-21(26)25-20/h3-4,6-9,11,15,17H,1-2,5,10,12-14H2,(H,24,29). The van der Waals surface area contributed by atoms with E-state index in [2.05, 4.69) is 16.1 Å². The monoisotopic (exact) mass is 404 g/mol. The Morgan fingerprint density at radius 2 is 2.07 bits per heavy atom. The minimum Gasteiger partial charge on any atom is -0.467 e. The van der Waals surface area contributed by atoms with Crippen LogP contribution in [0.5, 0.6) is 0 Å². The first kappa shape index (κ1) is 18.7. The van der Waals surface area contributed by atoms with Crippen molar-refractivity contribution >= 4 is 17.5 Å². The summed E-state index contributed by atoms with van der Waals surface area (Å²) in [6.07, 6.45) is 7.36. The van der Waals surface area contributed by atoms with E-state index in [0.29, 0.717) is 13.1 Å². The maximum Gasteiger partial charge on any atom is 0.229 e. The van der Waals surface area contributed by atoms with Crippen molar-refractivity contribution in [1.82, 2.24) is 14.5 Å². The first-order chi connectivity index (χ1) is 14.7. The summed E-state index contributed by atoms with van der Waals surface area (Å²) in [5, 5.41) is 2.94. The molecule has 1 atom stereocenters. The molecular weight excluding hydrogens is 380 g/mol. The average Bonchev–Trinajstić information content (AvgIpc) is 3.49. The highest BCUT2D eigenvalue weighted by atomic mass is 16.3. The molecule has 1 N–H and O–H groups in total. The Kier molecular flexibility index (Phi) is 4.86. The largest absolute Gasteiger partial charge is 0.467 e. The van der Waals surface area contributed by atoms with E-state index in [0.717, 1.165) is 41.5 Å². The lowest BCUT2D eigenvalue weighted by molar-refractivity contribution is -0.128. The van der Waals surface area contributed by atoms with Gasteiger partial charge >= 0.3 is 0 Å². The lowest BCUT2D eigenvalue weighted by atomic mass is 10.1. The molecule has 5 rings (SSSR count). The topological polar surface area (TPSA) is 80.4 Å². The van der Waals surface area contributed by atoms with Crippen LogP contribution in [0.1, 0.15) is 30.8 Å². The molecule has 1 aromatic carbocycles. The van der Waals surface area contributed by atoms with Crippen molar-refractivity contribution < 1.29 is 14.0 Å². The van der Waals surface area contributed by atoms with Gasteiger partial charge in [0.2, 0.25) is 11.8 Å². The Hall–Kier alpha value is -3.35. The number of rotatable bonds is 5. The summed E-state index contributed by atoms with van der Waals surface area (Å²) in [6, 6.07) is 11.4. The summed E-state index contributed by atoms with van der Waals surface area (Å²) >= 11 is 0. The maximum atomic E-state index is 12.7. The molecule has 7 heteroatoms. The Labute approximate surface area is 174 Å². The van der Waals surface area contributed by atoms with Crippen LogP contribution in [0.25, 0.3) is 11.3 Å². The number of fused-ring (bicyclic) bond motifs is 1. The molecule has 30 heavy (non-hydrogen) atoms. The molecule has 2 aliphatic rings. The van der Waals surface area contributed by atoms with Gasteiger partial charge in [-0.25, -0.2) is 4.98 Å². The summed E-state index contributed by atoms with van der Waals surface area (Å²) < 4.78 is 7.54. The quantitative estimate of drug-likeness (QED) is 0.706. The first-order valence-electron chi connectivity index (χ1n) is 10.4. The maximum absolute atomic E-state index is 12.7. The number of nitrogens with one attached hydrogen (secondary N) is 1. The first-order valence-corrected chi connectivity index (χ1v) is 10.4. The molecule has 0 spiro atoms. The van der Waals surface area contributed by atoms with Gasteiger partial charge < -0.3 is 19.2 Å². The average molecular weight is 404 g/mol. The van der Waals surface area contributed by atoms with Crippen LogP contribution in [0, 0.1) is 5.92 Å². The Balaban J connectivity index is 1.21. The zero-order chi connectivity index (χ0) is 20.5. The fourth-order valence-electron chi connectivity index (χ4n) is 4.21.